The molecule has 0 aliphatic carbocycles. The first-order valence-corrected chi connectivity index (χ1v) is 9.35. The zero-order valence-corrected chi connectivity index (χ0v) is 17.6. The average Bonchev–Trinajstić information content (AvgIpc) is 2.64. The summed E-state index contributed by atoms with van der Waals surface area (Å²) >= 11 is 5.91. The molecule has 2 aromatic carbocycles. The summed E-state index contributed by atoms with van der Waals surface area (Å²) in [5.74, 6) is -0.408. The Morgan fingerprint density at radius 3 is 2.52 bits per heavy atom. The molecule has 1 amide bonds. The van der Waals surface area contributed by atoms with Gasteiger partial charge in [0.2, 0.25) is 0 Å². The molecule has 0 heterocycles. The molecule has 0 unspecified atom stereocenters. The van der Waals surface area contributed by atoms with Gasteiger partial charge in [-0.3, -0.25) is 4.79 Å². The average molecular weight is 421 g/mol. The van der Waals surface area contributed by atoms with E-state index < -0.39 is 5.97 Å². The second kappa shape index (κ2) is 9.52. The highest BCUT2D eigenvalue weighted by Crippen LogP contribution is 2.32. The number of methoxy groups -OCH3 is 1. The summed E-state index contributed by atoms with van der Waals surface area (Å²) in [4.78, 5) is 23.3. The summed E-state index contributed by atoms with van der Waals surface area (Å²) in [7, 11) is 1.52. The normalized spacial score (nSPS) is 10.9. The van der Waals surface area contributed by atoms with E-state index in [1.165, 1.54) is 19.2 Å². The van der Waals surface area contributed by atoms with E-state index in [0.29, 0.717) is 23.7 Å². The van der Waals surface area contributed by atoms with Crippen molar-refractivity contribution in [3.63, 3.8) is 0 Å². The number of carboxylic acids is 1. The number of benzene rings is 2. The minimum Gasteiger partial charge on any atom is -0.493 e. The van der Waals surface area contributed by atoms with Crippen molar-refractivity contribution in [1.29, 1.82) is 0 Å². The van der Waals surface area contributed by atoms with Gasteiger partial charge in [0, 0.05) is 23.3 Å². The number of para-hydroxylation sites is 1. The number of anilines is 1. The number of halogens is 1. The first-order chi connectivity index (χ1) is 13.6. The lowest BCUT2D eigenvalue weighted by Crippen LogP contribution is -2.43. The Morgan fingerprint density at radius 2 is 1.90 bits per heavy atom. The van der Waals surface area contributed by atoms with Gasteiger partial charge in [-0.1, -0.05) is 23.7 Å². The molecule has 156 valence electrons. The van der Waals surface area contributed by atoms with E-state index in [1.54, 1.807) is 12.1 Å². The highest BCUT2D eigenvalue weighted by Gasteiger charge is 2.17. The maximum absolute atomic E-state index is 12.1. The molecule has 0 atom stereocenters. The van der Waals surface area contributed by atoms with Gasteiger partial charge in [-0.05, 0) is 45.0 Å². The van der Waals surface area contributed by atoms with Crippen molar-refractivity contribution in [2.75, 3.05) is 19.0 Å². The number of carbonyl (C=O) groups excluding carboxylic acids is 1. The molecule has 0 aliphatic heterocycles. The smallest absolute Gasteiger partial charge is 0.337 e. The molecule has 0 bridgehead atoms. The minimum absolute atomic E-state index is 0.0117. The van der Waals surface area contributed by atoms with Crippen LogP contribution >= 0.6 is 11.6 Å². The molecule has 0 aromatic heterocycles. The number of hydrogen-bond donors (Lipinski definition) is 3. The number of aromatic carboxylic acids is 1. The molecule has 8 heteroatoms. The van der Waals surface area contributed by atoms with Gasteiger partial charge >= 0.3 is 5.97 Å². The van der Waals surface area contributed by atoms with Gasteiger partial charge in [0.1, 0.15) is 0 Å². The molecule has 0 radical (unpaired) electrons. The van der Waals surface area contributed by atoms with E-state index in [0.717, 1.165) is 5.56 Å². The standard InChI is InChI=1S/C21H25ClN2O5/c1-21(2,3)24-18(25)12-29-19-13(6-5-7-17(19)28-4)11-23-14-8-9-16(22)15(10-14)20(26)27/h5-10,23H,11-12H2,1-4H3,(H,24,25)(H,26,27). The van der Waals surface area contributed by atoms with Gasteiger partial charge in [-0.2, -0.15) is 0 Å². The number of nitrogens with one attached hydrogen (secondary N) is 2. The molecular formula is C21H25ClN2O5. The van der Waals surface area contributed by atoms with Gasteiger partial charge < -0.3 is 25.2 Å². The molecule has 0 aliphatic rings. The van der Waals surface area contributed by atoms with Gasteiger partial charge in [0.15, 0.2) is 18.1 Å². The molecule has 2 aromatic rings. The van der Waals surface area contributed by atoms with Crippen molar-refractivity contribution < 1.29 is 24.2 Å². The fourth-order valence-electron chi connectivity index (χ4n) is 2.61. The van der Waals surface area contributed by atoms with E-state index >= 15 is 0 Å². The second-order valence-corrected chi connectivity index (χ2v) is 7.80. The van der Waals surface area contributed by atoms with Crippen LogP contribution in [0.1, 0.15) is 36.7 Å². The van der Waals surface area contributed by atoms with Crippen LogP contribution in [0, 0.1) is 0 Å². The third-order valence-electron chi connectivity index (χ3n) is 3.82. The molecule has 29 heavy (non-hydrogen) atoms. The Labute approximate surface area is 175 Å². The Morgan fingerprint density at radius 1 is 1.17 bits per heavy atom. The van der Waals surface area contributed by atoms with Crippen LogP contribution < -0.4 is 20.1 Å². The SMILES string of the molecule is COc1cccc(CNc2ccc(Cl)c(C(=O)O)c2)c1OCC(=O)NC(C)(C)C. The summed E-state index contributed by atoms with van der Waals surface area (Å²) < 4.78 is 11.1. The van der Waals surface area contributed by atoms with E-state index in [-0.39, 0.29) is 28.6 Å². The first kappa shape index (κ1) is 22.4. The van der Waals surface area contributed by atoms with Crippen LogP contribution in [0.5, 0.6) is 11.5 Å². The predicted molar refractivity (Wildman–Crippen MR) is 112 cm³/mol. The van der Waals surface area contributed by atoms with Crippen molar-refractivity contribution in [3.8, 4) is 11.5 Å². The summed E-state index contributed by atoms with van der Waals surface area (Å²) in [6, 6.07) is 10.1. The Kier molecular flexibility index (Phi) is 7.34. The fraction of sp³-hybridized carbons (Fsp3) is 0.333. The zero-order valence-electron chi connectivity index (χ0n) is 16.8. The third-order valence-corrected chi connectivity index (χ3v) is 4.15. The number of carboxylic acid groups (broad SMARTS) is 1. The third kappa shape index (κ3) is 6.57. The molecule has 0 fully saturated rings. The van der Waals surface area contributed by atoms with Crippen LogP contribution in [-0.4, -0.2) is 36.2 Å². The van der Waals surface area contributed by atoms with E-state index in [2.05, 4.69) is 10.6 Å². The molecule has 0 spiro atoms. The lowest BCUT2D eigenvalue weighted by molar-refractivity contribution is -0.124. The second-order valence-electron chi connectivity index (χ2n) is 7.39. The molecule has 0 saturated heterocycles. The first-order valence-electron chi connectivity index (χ1n) is 8.97. The lowest BCUT2D eigenvalue weighted by Gasteiger charge is -2.21. The Hall–Kier alpha value is -2.93. The summed E-state index contributed by atoms with van der Waals surface area (Å²) in [6.07, 6.45) is 0. The van der Waals surface area contributed by atoms with Crippen molar-refractivity contribution >= 4 is 29.2 Å². The van der Waals surface area contributed by atoms with E-state index in [4.69, 9.17) is 21.1 Å². The van der Waals surface area contributed by atoms with Crippen molar-refractivity contribution in [2.24, 2.45) is 0 Å². The van der Waals surface area contributed by atoms with E-state index in [1.807, 2.05) is 32.9 Å². The summed E-state index contributed by atoms with van der Waals surface area (Å²) in [5, 5.41) is 15.3. The molecule has 2 rings (SSSR count). The van der Waals surface area contributed by atoms with Gasteiger partial charge in [0.25, 0.3) is 5.91 Å². The zero-order chi connectivity index (χ0) is 21.6. The van der Waals surface area contributed by atoms with Crippen LogP contribution in [0.15, 0.2) is 36.4 Å². The molecule has 3 N–H and O–H groups in total. The maximum Gasteiger partial charge on any atom is 0.337 e. The number of amides is 1. The quantitative estimate of drug-likeness (QED) is 0.598. The lowest BCUT2D eigenvalue weighted by atomic mass is 10.1. The predicted octanol–water partition coefficient (Wildman–Crippen LogP) is 3.95. The Balaban J connectivity index is 2.16. The highest BCUT2D eigenvalue weighted by molar-refractivity contribution is 6.33. The van der Waals surface area contributed by atoms with Crippen LogP contribution in [0.4, 0.5) is 5.69 Å². The van der Waals surface area contributed by atoms with Crippen LogP contribution in [0.3, 0.4) is 0 Å². The van der Waals surface area contributed by atoms with Crippen LogP contribution in [-0.2, 0) is 11.3 Å². The number of ether oxygens (including phenoxy) is 2. The van der Waals surface area contributed by atoms with Crippen molar-refractivity contribution in [3.05, 3.63) is 52.5 Å². The van der Waals surface area contributed by atoms with E-state index in [9.17, 15) is 14.7 Å². The minimum atomic E-state index is -1.10. The fourth-order valence-corrected chi connectivity index (χ4v) is 2.81. The highest BCUT2D eigenvalue weighted by atomic mass is 35.5. The largest absolute Gasteiger partial charge is 0.493 e. The van der Waals surface area contributed by atoms with Crippen LogP contribution in [0.2, 0.25) is 5.02 Å². The van der Waals surface area contributed by atoms with Crippen molar-refractivity contribution in [2.45, 2.75) is 32.9 Å². The molecular weight excluding hydrogens is 396 g/mol. The number of carbonyl (C=O) groups is 2. The topological polar surface area (TPSA) is 96.9 Å². The number of rotatable bonds is 8. The van der Waals surface area contributed by atoms with Gasteiger partial charge in [-0.25, -0.2) is 4.79 Å². The summed E-state index contributed by atoms with van der Waals surface area (Å²) in [5.41, 5.74) is 0.991. The monoisotopic (exact) mass is 420 g/mol. The Bertz CT molecular complexity index is 893. The van der Waals surface area contributed by atoms with Crippen LogP contribution in [0.25, 0.3) is 0 Å². The maximum atomic E-state index is 12.1. The van der Waals surface area contributed by atoms with Crippen molar-refractivity contribution in [1.82, 2.24) is 5.32 Å². The molecule has 0 saturated carbocycles. The number of hydrogen-bond acceptors (Lipinski definition) is 5. The van der Waals surface area contributed by atoms with Gasteiger partial charge in [0.05, 0.1) is 17.7 Å². The van der Waals surface area contributed by atoms with Gasteiger partial charge in [-0.15, -0.1) is 0 Å². The molecule has 7 nitrogen and oxygen atoms in total. The summed E-state index contributed by atoms with van der Waals surface area (Å²) in [6.45, 7) is 5.84.